The van der Waals surface area contributed by atoms with Gasteiger partial charge in [0.2, 0.25) is 10.0 Å². The molecule has 0 aliphatic carbocycles. The first-order chi connectivity index (χ1) is 10.0. The zero-order valence-electron chi connectivity index (χ0n) is 12.8. The molecule has 1 rings (SSSR count). The van der Waals surface area contributed by atoms with Crippen LogP contribution in [0.3, 0.4) is 0 Å². The van der Waals surface area contributed by atoms with Crippen LogP contribution in [0.1, 0.15) is 33.1 Å². The number of sulfonamides is 1. The molecule has 3 N–H and O–H groups in total. The zero-order valence-corrected chi connectivity index (χ0v) is 13.6. The lowest BCUT2D eigenvalue weighted by Gasteiger charge is -2.15. The molecule has 0 amide bonds. The smallest absolute Gasteiger partial charge is 0.240 e. The quantitative estimate of drug-likeness (QED) is 0.618. The van der Waals surface area contributed by atoms with E-state index in [-0.39, 0.29) is 11.5 Å². The fourth-order valence-corrected chi connectivity index (χ4v) is 3.10. The molecular weight excluding hydrogens is 288 g/mol. The van der Waals surface area contributed by atoms with Crippen molar-refractivity contribution in [2.45, 2.75) is 38.0 Å². The summed E-state index contributed by atoms with van der Waals surface area (Å²) in [5.74, 6) is 0.421. The van der Waals surface area contributed by atoms with Crippen molar-refractivity contribution in [2.24, 2.45) is 5.92 Å². The lowest BCUT2D eigenvalue weighted by molar-refractivity contribution is 0.258. The van der Waals surface area contributed by atoms with E-state index in [1.165, 1.54) is 0 Å². The van der Waals surface area contributed by atoms with Gasteiger partial charge in [0.15, 0.2) is 0 Å². The lowest BCUT2D eigenvalue weighted by Crippen LogP contribution is -2.24. The Morgan fingerprint density at radius 1 is 1.19 bits per heavy atom. The Kier molecular flexibility index (Phi) is 7.71. The normalized spacial score (nSPS) is 13.1. The number of aliphatic hydroxyl groups excluding tert-OH is 1. The lowest BCUT2D eigenvalue weighted by atomic mass is 10.0. The minimum atomic E-state index is -3.39. The maximum atomic E-state index is 11.9. The van der Waals surface area contributed by atoms with Crippen molar-refractivity contribution in [1.29, 1.82) is 0 Å². The molecule has 0 spiro atoms. The molecule has 1 aromatic rings. The second kappa shape index (κ2) is 9.02. The fraction of sp³-hybridized carbons (Fsp3) is 0.600. The van der Waals surface area contributed by atoms with E-state index in [2.05, 4.69) is 17.0 Å². The number of aliphatic hydroxyl groups is 1. The van der Waals surface area contributed by atoms with Crippen molar-refractivity contribution >= 4 is 15.7 Å². The third kappa shape index (κ3) is 6.03. The molecule has 5 nitrogen and oxygen atoms in total. The van der Waals surface area contributed by atoms with Crippen LogP contribution in [0.2, 0.25) is 0 Å². The molecule has 0 saturated carbocycles. The molecular formula is C15H26N2O3S. The van der Waals surface area contributed by atoms with E-state index >= 15 is 0 Å². The Bertz CT molecular complexity index is 500. The molecule has 1 aromatic carbocycles. The van der Waals surface area contributed by atoms with Crippen LogP contribution in [0.5, 0.6) is 0 Å². The van der Waals surface area contributed by atoms with E-state index in [9.17, 15) is 8.42 Å². The van der Waals surface area contributed by atoms with Gasteiger partial charge in [0.05, 0.1) is 4.90 Å². The number of rotatable bonds is 10. The van der Waals surface area contributed by atoms with E-state index in [1.807, 2.05) is 6.92 Å². The summed E-state index contributed by atoms with van der Waals surface area (Å²) in [6.45, 7) is 5.43. The van der Waals surface area contributed by atoms with E-state index in [1.54, 1.807) is 24.3 Å². The van der Waals surface area contributed by atoms with Gasteiger partial charge in [0, 0.05) is 25.4 Å². The van der Waals surface area contributed by atoms with Crippen molar-refractivity contribution in [2.75, 3.05) is 25.0 Å². The number of hydrogen-bond donors (Lipinski definition) is 3. The minimum absolute atomic E-state index is 0.195. The van der Waals surface area contributed by atoms with Gasteiger partial charge in [0.1, 0.15) is 0 Å². The fourth-order valence-electron chi connectivity index (χ4n) is 1.97. The molecule has 21 heavy (non-hydrogen) atoms. The topological polar surface area (TPSA) is 78.4 Å². The summed E-state index contributed by atoms with van der Waals surface area (Å²) in [6, 6.07) is 6.75. The highest BCUT2D eigenvalue weighted by Gasteiger charge is 2.12. The van der Waals surface area contributed by atoms with Gasteiger partial charge < -0.3 is 10.4 Å². The molecule has 1 unspecified atom stereocenters. The Balaban J connectivity index is 2.61. The van der Waals surface area contributed by atoms with Crippen LogP contribution in [-0.4, -0.2) is 33.2 Å². The number of benzene rings is 1. The Hall–Kier alpha value is -1.11. The van der Waals surface area contributed by atoms with Gasteiger partial charge >= 0.3 is 0 Å². The highest BCUT2D eigenvalue weighted by atomic mass is 32.2. The molecule has 1 atom stereocenters. The summed E-state index contributed by atoms with van der Waals surface area (Å²) in [5, 5.41) is 12.2. The van der Waals surface area contributed by atoms with Crippen LogP contribution in [0.25, 0.3) is 0 Å². The Morgan fingerprint density at radius 3 is 2.38 bits per heavy atom. The second-order valence-corrected chi connectivity index (χ2v) is 6.86. The summed E-state index contributed by atoms with van der Waals surface area (Å²) < 4.78 is 26.4. The van der Waals surface area contributed by atoms with Crippen molar-refractivity contribution in [3.63, 3.8) is 0 Å². The van der Waals surface area contributed by atoms with E-state index in [0.29, 0.717) is 12.5 Å². The summed E-state index contributed by atoms with van der Waals surface area (Å²) in [5.41, 5.74) is 0.890. The third-order valence-electron chi connectivity index (χ3n) is 3.42. The van der Waals surface area contributed by atoms with Crippen molar-refractivity contribution in [3.05, 3.63) is 24.3 Å². The van der Waals surface area contributed by atoms with Crippen LogP contribution >= 0.6 is 0 Å². The number of anilines is 1. The van der Waals surface area contributed by atoms with Crippen LogP contribution in [0.4, 0.5) is 5.69 Å². The first-order valence-electron chi connectivity index (χ1n) is 7.48. The van der Waals surface area contributed by atoms with Gasteiger partial charge in [-0.25, -0.2) is 13.1 Å². The second-order valence-electron chi connectivity index (χ2n) is 5.09. The van der Waals surface area contributed by atoms with E-state index < -0.39 is 10.0 Å². The summed E-state index contributed by atoms with van der Waals surface area (Å²) in [6.07, 6.45) is 2.54. The monoisotopic (exact) mass is 314 g/mol. The molecule has 6 heteroatoms. The maximum Gasteiger partial charge on any atom is 0.240 e. The molecule has 120 valence electrons. The Labute approximate surface area is 127 Å². The molecule has 0 aromatic heterocycles. The van der Waals surface area contributed by atoms with Gasteiger partial charge in [-0.2, -0.15) is 0 Å². The number of nitrogens with one attached hydrogen (secondary N) is 2. The van der Waals surface area contributed by atoms with Crippen molar-refractivity contribution in [1.82, 2.24) is 4.72 Å². The molecule has 0 bridgehead atoms. The van der Waals surface area contributed by atoms with Crippen LogP contribution in [0.15, 0.2) is 29.2 Å². The molecule has 0 radical (unpaired) electrons. The Morgan fingerprint density at radius 2 is 1.86 bits per heavy atom. The van der Waals surface area contributed by atoms with Gasteiger partial charge in [-0.1, -0.05) is 20.3 Å². The number of hydrogen-bond acceptors (Lipinski definition) is 4. The standard InChI is InChI=1S/C15H26N2O3S/c1-3-10-17-21(19,20)15-7-5-14(6-8-15)16-12-13(4-2)9-11-18/h5-8,13,16-18H,3-4,9-12H2,1-2H3. The van der Waals surface area contributed by atoms with Crippen LogP contribution < -0.4 is 10.0 Å². The predicted molar refractivity (Wildman–Crippen MR) is 85.9 cm³/mol. The first-order valence-corrected chi connectivity index (χ1v) is 8.96. The van der Waals surface area contributed by atoms with Gasteiger partial charge in [-0.15, -0.1) is 0 Å². The molecule has 0 aliphatic heterocycles. The summed E-state index contributed by atoms with van der Waals surface area (Å²) >= 11 is 0. The first kappa shape index (κ1) is 17.9. The molecule has 0 aliphatic rings. The van der Waals surface area contributed by atoms with Crippen molar-refractivity contribution in [3.8, 4) is 0 Å². The summed E-state index contributed by atoms with van der Waals surface area (Å²) in [7, 11) is -3.39. The average Bonchev–Trinajstić information content (AvgIpc) is 2.50. The van der Waals surface area contributed by atoms with Crippen LogP contribution in [-0.2, 0) is 10.0 Å². The highest BCUT2D eigenvalue weighted by molar-refractivity contribution is 7.89. The molecule has 0 heterocycles. The van der Waals surface area contributed by atoms with Crippen LogP contribution in [0, 0.1) is 5.92 Å². The summed E-state index contributed by atoms with van der Waals surface area (Å²) in [4.78, 5) is 0.281. The van der Waals surface area contributed by atoms with Crippen molar-refractivity contribution < 1.29 is 13.5 Å². The minimum Gasteiger partial charge on any atom is -0.396 e. The highest BCUT2D eigenvalue weighted by Crippen LogP contribution is 2.15. The third-order valence-corrected chi connectivity index (χ3v) is 4.89. The van der Waals surface area contributed by atoms with Gasteiger partial charge in [-0.05, 0) is 43.0 Å². The van der Waals surface area contributed by atoms with E-state index in [4.69, 9.17) is 5.11 Å². The zero-order chi connectivity index (χ0) is 15.7. The SMILES string of the molecule is CCCNS(=O)(=O)c1ccc(NCC(CC)CCO)cc1. The van der Waals surface area contributed by atoms with Gasteiger partial charge in [-0.3, -0.25) is 0 Å². The van der Waals surface area contributed by atoms with E-state index in [0.717, 1.165) is 31.5 Å². The predicted octanol–water partition coefficient (Wildman–Crippen LogP) is 2.20. The maximum absolute atomic E-state index is 11.9. The van der Waals surface area contributed by atoms with Gasteiger partial charge in [0.25, 0.3) is 0 Å². The average molecular weight is 314 g/mol. The molecule has 0 saturated heterocycles. The molecule has 0 fully saturated rings. The largest absolute Gasteiger partial charge is 0.396 e.